The van der Waals surface area contributed by atoms with Gasteiger partial charge in [-0.1, -0.05) is 19.3 Å². The molecule has 1 aromatic heterocycles. The third kappa shape index (κ3) is 3.18. The first-order valence-corrected chi connectivity index (χ1v) is 6.82. The molecule has 82 valence electrons. The van der Waals surface area contributed by atoms with Gasteiger partial charge in [0.15, 0.2) is 4.67 Å². The van der Waals surface area contributed by atoms with Gasteiger partial charge in [0.2, 0.25) is 0 Å². The smallest absolute Gasteiger partial charge is 0.184 e. The number of furan rings is 1. The van der Waals surface area contributed by atoms with E-state index in [9.17, 15) is 0 Å². The topological polar surface area (TPSA) is 25.5 Å². The van der Waals surface area contributed by atoms with Gasteiger partial charge in [-0.05, 0) is 44.7 Å². The van der Waals surface area contributed by atoms with Crippen molar-refractivity contribution in [2.75, 3.05) is 0 Å². The molecule has 1 saturated carbocycles. The van der Waals surface area contributed by atoms with Crippen LogP contribution >= 0.6 is 31.9 Å². The number of hydrogen-bond acceptors (Lipinski definition) is 2. The molecule has 1 aliphatic carbocycles. The van der Waals surface area contributed by atoms with E-state index in [1.807, 2.05) is 12.3 Å². The molecule has 0 spiro atoms. The zero-order valence-corrected chi connectivity index (χ0v) is 11.6. The Bertz CT molecular complexity index is 334. The van der Waals surface area contributed by atoms with Crippen LogP contribution in [-0.4, -0.2) is 12.3 Å². The average molecular weight is 335 g/mol. The minimum absolute atomic E-state index is 0.501. The SMILES string of the molecule is Brc1cc(C=NC2CCCCC2)oc1Br. The largest absolute Gasteiger partial charge is 0.447 e. The number of hydrogen-bond donors (Lipinski definition) is 0. The summed E-state index contributed by atoms with van der Waals surface area (Å²) in [5, 5.41) is 0. The third-order valence-corrected chi connectivity index (χ3v) is 4.36. The van der Waals surface area contributed by atoms with E-state index >= 15 is 0 Å². The predicted molar refractivity (Wildman–Crippen MR) is 68.6 cm³/mol. The molecule has 0 aliphatic heterocycles. The second-order valence-electron chi connectivity index (χ2n) is 3.84. The highest BCUT2D eigenvalue weighted by molar-refractivity contribution is 9.13. The summed E-state index contributed by atoms with van der Waals surface area (Å²) in [5.41, 5.74) is 0. The molecule has 2 rings (SSSR count). The van der Waals surface area contributed by atoms with Crippen molar-refractivity contribution in [3.8, 4) is 0 Å². The second kappa shape index (κ2) is 5.30. The molecule has 0 aromatic carbocycles. The number of halogens is 2. The van der Waals surface area contributed by atoms with Crippen molar-refractivity contribution in [1.29, 1.82) is 0 Å². The van der Waals surface area contributed by atoms with E-state index in [0.29, 0.717) is 6.04 Å². The Balaban J connectivity index is 1.97. The zero-order valence-electron chi connectivity index (χ0n) is 8.38. The van der Waals surface area contributed by atoms with E-state index in [1.54, 1.807) is 0 Å². The van der Waals surface area contributed by atoms with Gasteiger partial charge in [0.05, 0.1) is 16.7 Å². The molecular weight excluding hydrogens is 322 g/mol. The highest BCUT2D eigenvalue weighted by atomic mass is 79.9. The number of aliphatic imine (C=N–C) groups is 1. The molecule has 0 saturated heterocycles. The maximum Gasteiger partial charge on any atom is 0.184 e. The summed E-state index contributed by atoms with van der Waals surface area (Å²) >= 11 is 6.69. The van der Waals surface area contributed by atoms with Crippen molar-refractivity contribution in [2.45, 2.75) is 38.1 Å². The van der Waals surface area contributed by atoms with Crippen molar-refractivity contribution in [3.05, 3.63) is 21.0 Å². The minimum atomic E-state index is 0.501. The van der Waals surface area contributed by atoms with Gasteiger partial charge in [0.1, 0.15) is 5.76 Å². The number of rotatable bonds is 2. The minimum Gasteiger partial charge on any atom is -0.447 e. The molecule has 1 aromatic rings. The van der Waals surface area contributed by atoms with E-state index in [2.05, 4.69) is 36.9 Å². The molecule has 2 nitrogen and oxygen atoms in total. The normalized spacial score (nSPS) is 18.8. The molecule has 0 amide bonds. The summed E-state index contributed by atoms with van der Waals surface area (Å²) in [6, 6.07) is 2.43. The van der Waals surface area contributed by atoms with Crippen molar-refractivity contribution < 1.29 is 4.42 Å². The molecule has 4 heteroatoms. The molecule has 1 aliphatic rings. The van der Waals surface area contributed by atoms with Gasteiger partial charge in [0, 0.05) is 6.07 Å². The van der Waals surface area contributed by atoms with E-state index in [-0.39, 0.29) is 0 Å². The average Bonchev–Trinajstić information content (AvgIpc) is 2.57. The van der Waals surface area contributed by atoms with Crippen molar-refractivity contribution >= 4 is 38.1 Å². The Morgan fingerprint density at radius 1 is 1.27 bits per heavy atom. The highest BCUT2D eigenvalue weighted by Crippen LogP contribution is 2.26. The highest BCUT2D eigenvalue weighted by Gasteiger charge is 2.11. The van der Waals surface area contributed by atoms with Gasteiger partial charge < -0.3 is 4.42 Å². The van der Waals surface area contributed by atoms with Gasteiger partial charge >= 0.3 is 0 Å². The quantitative estimate of drug-likeness (QED) is 0.728. The lowest BCUT2D eigenvalue weighted by molar-refractivity contribution is 0.443. The molecular formula is C11H13Br2NO. The van der Waals surface area contributed by atoms with Gasteiger partial charge in [-0.15, -0.1) is 0 Å². The molecule has 0 radical (unpaired) electrons. The van der Waals surface area contributed by atoms with Crippen LogP contribution in [0.3, 0.4) is 0 Å². The fraction of sp³-hybridized carbons (Fsp3) is 0.545. The lowest BCUT2D eigenvalue weighted by atomic mass is 9.96. The Labute approximate surface area is 106 Å². The lowest BCUT2D eigenvalue weighted by Crippen LogP contribution is -2.09. The second-order valence-corrected chi connectivity index (χ2v) is 5.41. The van der Waals surface area contributed by atoms with E-state index in [0.717, 1.165) is 14.9 Å². The van der Waals surface area contributed by atoms with Crippen LogP contribution in [0.1, 0.15) is 37.9 Å². The molecule has 15 heavy (non-hydrogen) atoms. The molecule has 0 N–H and O–H groups in total. The van der Waals surface area contributed by atoms with E-state index < -0.39 is 0 Å². The summed E-state index contributed by atoms with van der Waals surface area (Å²) in [6.45, 7) is 0. The van der Waals surface area contributed by atoms with Gasteiger partial charge in [-0.3, -0.25) is 4.99 Å². The van der Waals surface area contributed by atoms with Gasteiger partial charge in [-0.2, -0.15) is 0 Å². The van der Waals surface area contributed by atoms with Crippen LogP contribution in [-0.2, 0) is 0 Å². The van der Waals surface area contributed by atoms with Crippen LogP contribution in [0.15, 0.2) is 24.6 Å². The van der Waals surface area contributed by atoms with Crippen LogP contribution in [0.2, 0.25) is 0 Å². The Morgan fingerprint density at radius 2 is 2.00 bits per heavy atom. The van der Waals surface area contributed by atoms with Crippen molar-refractivity contribution in [2.24, 2.45) is 4.99 Å². The van der Waals surface area contributed by atoms with E-state index in [4.69, 9.17) is 4.42 Å². The lowest BCUT2D eigenvalue weighted by Gasteiger charge is -2.16. The first-order chi connectivity index (χ1) is 7.25. The van der Waals surface area contributed by atoms with Crippen LogP contribution in [0.25, 0.3) is 0 Å². The fourth-order valence-electron chi connectivity index (χ4n) is 1.84. The molecule has 0 atom stereocenters. The van der Waals surface area contributed by atoms with Crippen molar-refractivity contribution in [3.63, 3.8) is 0 Å². The third-order valence-electron chi connectivity index (χ3n) is 2.65. The first-order valence-electron chi connectivity index (χ1n) is 5.24. The van der Waals surface area contributed by atoms with Gasteiger partial charge in [0.25, 0.3) is 0 Å². The summed E-state index contributed by atoms with van der Waals surface area (Å²) in [5.74, 6) is 0.805. The molecule has 0 unspecified atom stereocenters. The standard InChI is InChI=1S/C11H13Br2NO/c12-10-6-9(15-11(10)13)7-14-8-4-2-1-3-5-8/h6-8H,1-5H2. The van der Waals surface area contributed by atoms with E-state index in [1.165, 1.54) is 32.1 Å². The molecule has 0 bridgehead atoms. The zero-order chi connectivity index (χ0) is 10.7. The summed E-state index contributed by atoms with van der Waals surface area (Å²) in [7, 11) is 0. The monoisotopic (exact) mass is 333 g/mol. The van der Waals surface area contributed by atoms with Crippen LogP contribution in [0, 0.1) is 0 Å². The van der Waals surface area contributed by atoms with Crippen LogP contribution < -0.4 is 0 Å². The maximum absolute atomic E-state index is 5.43. The summed E-state index contributed by atoms with van der Waals surface area (Å²) in [6.07, 6.45) is 8.27. The number of nitrogens with zero attached hydrogens (tertiary/aromatic N) is 1. The Morgan fingerprint density at radius 3 is 2.60 bits per heavy atom. The van der Waals surface area contributed by atoms with Crippen molar-refractivity contribution in [1.82, 2.24) is 0 Å². The van der Waals surface area contributed by atoms with Crippen LogP contribution in [0.4, 0.5) is 0 Å². The first kappa shape index (κ1) is 11.4. The molecule has 1 heterocycles. The summed E-state index contributed by atoms with van der Waals surface area (Å²) < 4.78 is 7.09. The van der Waals surface area contributed by atoms with Gasteiger partial charge in [-0.25, -0.2) is 0 Å². The van der Waals surface area contributed by atoms with Crippen LogP contribution in [0.5, 0.6) is 0 Å². The Kier molecular flexibility index (Phi) is 4.03. The predicted octanol–water partition coefficient (Wildman–Crippen LogP) is 4.56. The maximum atomic E-state index is 5.43. The molecule has 1 fully saturated rings. The fourth-order valence-corrected chi connectivity index (χ4v) is 2.44. The summed E-state index contributed by atoms with van der Waals surface area (Å²) in [4.78, 5) is 4.55. The Hall–Kier alpha value is -0.0900.